The van der Waals surface area contributed by atoms with Crippen LogP contribution in [0.5, 0.6) is 0 Å². The zero-order valence-electron chi connectivity index (χ0n) is 12.5. The third kappa shape index (κ3) is 3.26. The summed E-state index contributed by atoms with van der Waals surface area (Å²) in [5.74, 6) is -0.122. The van der Waals surface area contributed by atoms with Crippen molar-refractivity contribution in [2.75, 3.05) is 37.8 Å². The van der Waals surface area contributed by atoms with Crippen molar-refractivity contribution in [3.8, 4) is 0 Å². The van der Waals surface area contributed by atoms with Crippen LogP contribution in [0.2, 0.25) is 0 Å². The van der Waals surface area contributed by atoms with Crippen LogP contribution in [0.4, 0.5) is 11.4 Å². The predicted octanol–water partition coefficient (Wildman–Crippen LogP) is 0.591. The van der Waals surface area contributed by atoms with Crippen molar-refractivity contribution in [1.29, 1.82) is 0 Å². The van der Waals surface area contributed by atoms with Gasteiger partial charge in [0.2, 0.25) is 5.91 Å². The zero-order valence-corrected chi connectivity index (χ0v) is 12.5. The van der Waals surface area contributed by atoms with Crippen molar-refractivity contribution in [3.63, 3.8) is 0 Å². The van der Waals surface area contributed by atoms with Crippen LogP contribution in [0.3, 0.4) is 0 Å². The SMILES string of the molecule is CNC(=O)c1ccc(N)c(N2CCCC(C(=O)NC)C2)c1. The van der Waals surface area contributed by atoms with Gasteiger partial charge in [0.05, 0.1) is 17.3 Å². The fourth-order valence-electron chi connectivity index (χ4n) is 2.72. The normalized spacial score (nSPS) is 18.2. The Kier molecular flexibility index (Phi) is 4.67. The van der Waals surface area contributed by atoms with E-state index in [1.165, 1.54) is 0 Å². The molecule has 0 saturated carbocycles. The number of nitrogens with two attached hydrogens (primary N) is 1. The van der Waals surface area contributed by atoms with Gasteiger partial charge in [-0.2, -0.15) is 0 Å². The van der Waals surface area contributed by atoms with Crippen molar-refractivity contribution < 1.29 is 9.59 Å². The first-order valence-corrected chi connectivity index (χ1v) is 7.15. The number of amides is 2. The van der Waals surface area contributed by atoms with Crippen molar-refractivity contribution in [3.05, 3.63) is 23.8 Å². The van der Waals surface area contributed by atoms with E-state index in [0.717, 1.165) is 25.1 Å². The molecule has 0 spiro atoms. The number of hydrogen-bond donors (Lipinski definition) is 3. The minimum absolute atomic E-state index is 0.0354. The van der Waals surface area contributed by atoms with Crippen molar-refractivity contribution in [1.82, 2.24) is 10.6 Å². The summed E-state index contributed by atoms with van der Waals surface area (Å²) in [4.78, 5) is 25.6. The van der Waals surface area contributed by atoms with Gasteiger partial charge < -0.3 is 21.3 Å². The van der Waals surface area contributed by atoms with Gasteiger partial charge >= 0.3 is 0 Å². The molecule has 0 bridgehead atoms. The zero-order chi connectivity index (χ0) is 15.4. The van der Waals surface area contributed by atoms with Crippen LogP contribution in [0.15, 0.2) is 18.2 Å². The smallest absolute Gasteiger partial charge is 0.251 e. The third-order valence-electron chi connectivity index (χ3n) is 3.90. The van der Waals surface area contributed by atoms with Gasteiger partial charge in [0.15, 0.2) is 0 Å². The van der Waals surface area contributed by atoms with E-state index in [4.69, 9.17) is 5.73 Å². The Labute approximate surface area is 124 Å². The third-order valence-corrected chi connectivity index (χ3v) is 3.90. The molecule has 1 saturated heterocycles. The number of carbonyl (C=O) groups excluding carboxylic acids is 2. The highest BCUT2D eigenvalue weighted by molar-refractivity contribution is 5.96. The van der Waals surface area contributed by atoms with Gasteiger partial charge in [0, 0.05) is 32.7 Å². The van der Waals surface area contributed by atoms with Crippen LogP contribution in [0.1, 0.15) is 23.2 Å². The topological polar surface area (TPSA) is 87.5 Å². The largest absolute Gasteiger partial charge is 0.397 e. The van der Waals surface area contributed by atoms with Crippen molar-refractivity contribution >= 4 is 23.2 Å². The molecule has 6 nitrogen and oxygen atoms in total. The summed E-state index contributed by atoms with van der Waals surface area (Å²) in [5.41, 5.74) is 8.06. The molecule has 2 rings (SSSR count). The van der Waals surface area contributed by atoms with Gasteiger partial charge in [-0.3, -0.25) is 9.59 Å². The first-order chi connectivity index (χ1) is 10.1. The Hall–Kier alpha value is -2.24. The van der Waals surface area contributed by atoms with E-state index in [9.17, 15) is 9.59 Å². The number of anilines is 2. The van der Waals surface area contributed by atoms with Crippen LogP contribution in [0, 0.1) is 5.92 Å². The molecule has 0 aliphatic carbocycles. The Morgan fingerprint density at radius 1 is 1.29 bits per heavy atom. The van der Waals surface area contributed by atoms with Gasteiger partial charge in [0.1, 0.15) is 0 Å². The van der Waals surface area contributed by atoms with Gasteiger partial charge in [0.25, 0.3) is 5.91 Å². The molecule has 1 aromatic carbocycles. The summed E-state index contributed by atoms with van der Waals surface area (Å²) in [6.45, 7) is 1.47. The molecule has 1 fully saturated rings. The molecular weight excluding hydrogens is 268 g/mol. The number of nitrogens with zero attached hydrogens (tertiary/aromatic N) is 1. The first-order valence-electron chi connectivity index (χ1n) is 7.15. The molecule has 1 aliphatic heterocycles. The monoisotopic (exact) mass is 290 g/mol. The predicted molar refractivity (Wildman–Crippen MR) is 83.2 cm³/mol. The number of nitrogen functional groups attached to an aromatic ring is 1. The van der Waals surface area contributed by atoms with Gasteiger partial charge in [-0.15, -0.1) is 0 Å². The molecule has 1 unspecified atom stereocenters. The number of carbonyl (C=O) groups is 2. The molecule has 2 amide bonds. The average Bonchev–Trinajstić information content (AvgIpc) is 2.53. The Bertz CT molecular complexity index is 544. The van der Waals surface area contributed by atoms with E-state index in [0.29, 0.717) is 17.8 Å². The van der Waals surface area contributed by atoms with Gasteiger partial charge in [-0.25, -0.2) is 0 Å². The van der Waals surface area contributed by atoms with Crippen LogP contribution in [0.25, 0.3) is 0 Å². The molecule has 114 valence electrons. The summed E-state index contributed by atoms with van der Waals surface area (Å²) >= 11 is 0. The molecule has 0 aromatic heterocycles. The van der Waals surface area contributed by atoms with E-state index in [2.05, 4.69) is 15.5 Å². The summed E-state index contributed by atoms with van der Waals surface area (Å²) in [6.07, 6.45) is 1.81. The standard InChI is InChI=1S/C15H22N4O2/c1-17-14(20)10-5-6-12(16)13(8-10)19-7-3-4-11(9-19)15(21)18-2/h5-6,8,11H,3-4,7,9,16H2,1-2H3,(H,17,20)(H,18,21). The second-order valence-corrected chi connectivity index (χ2v) is 5.25. The number of piperidine rings is 1. The maximum Gasteiger partial charge on any atom is 0.251 e. The lowest BCUT2D eigenvalue weighted by Crippen LogP contribution is -2.42. The van der Waals surface area contributed by atoms with Gasteiger partial charge in [-0.1, -0.05) is 0 Å². The molecule has 1 atom stereocenters. The molecular formula is C15H22N4O2. The average molecular weight is 290 g/mol. The fourth-order valence-corrected chi connectivity index (χ4v) is 2.72. The summed E-state index contributed by atoms with van der Waals surface area (Å²) in [7, 11) is 3.25. The lowest BCUT2D eigenvalue weighted by Gasteiger charge is -2.34. The summed E-state index contributed by atoms with van der Waals surface area (Å²) in [5, 5.41) is 5.30. The van der Waals surface area contributed by atoms with E-state index in [1.807, 2.05) is 0 Å². The minimum atomic E-state index is -0.142. The summed E-state index contributed by atoms with van der Waals surface area (Å²) in [6, 6.07) is 5.24. The highest BCUT2D eigenvalue weighted by Gasteiger charge is 2.26. The molecule has 6 heteroatoms. The Morgan fingerprint density at radius 2 is 2.05 bits per heavy atom. The molecule has 1 aromatic rings. The maximum absolute atomic E-state index is 11.8. The van der Waals surface area contributed by atoms with Crippen LogP contribution in [-0.4, -0.2) is 39.0 Å². The lowest BCUT2D eigenvalue weighted by molar-refractivity contribution is -0.124. The Balaban J connectivity index is 2.24. The van der Waals surface area contributed by atoms with E-state index < -0.39 is 0 Å². The Morgan fingerprint density at radius 3 is 2.71 bits per heavy atom. The van der Waals surface area contributed by atoms with E-state index in [1.54, 1.807) is 32.3 Å². The number of benzene rings is 1. The second-order valence-electron chi connectivity index (χ2n) is 5.25. The lowest BCUT2D eigenvalue weighted by atomic mass is 9.96. The fraction of sp³-hybridized carbons (Fsp3) is 0.467. The molecule has 0 radical (unpaired) electrons. The highest BCUT2D eigenvalue weighted by atomic mass is 16.2. The van der Waals surface area contributed by atoms with Crippen LogP contribution >= 0.6 is 0 Å². The van der Waals surface area contributed by atoms with E-state index in [-0.39, 0.29) is 17.7 Å². The molecule has 21 heavy (non-hydrogen) atoms. The molecule has 4 N–H and O–H groups in total. The first kappa shape index (κ1) is 15.2. The van der Waals surface area contributed by atoms with Crippen LogP contribution in [-0.2, 0) is 4.79 Å². The maximum atomic E-state index is 11.8. The molecule has 1 heterocycles. The number of nitrogens with one attached hydrogen (secondary N) is 2. The second kappa shape index (κ2) is 6.47. The minimum Gasteiger partial charge on any atom is -0.397 e. The number of hydrogen-bond acceptors (Lipinski definition) is 4. The summed E-state index contributed by atoms with van der Waals surface area (Å²) < 4.78 is 0. The quantitative estimate of drug-likeness (QED) is 0.711. The van der Waals surface area contributed by atoms with E-state index >= 15 is 0 Å². The van der Waals surface area contributed by atoms with Crippen LogP contribution < -0.4 is 21.3 Å². The molecule has 1 aliphatic rings. The highest BCUT2D eigenvalue weighted by Crippen LogP contribution is 2.29. The van der Waals surface area contributed by atoms with Crippen molar-refractivity contribution in [2.24, 2.45) is 5.92 Å². The number of rotatable bonds is 3. The van der Waals surface area contributed by atoms with Crippen molar-refractivity contribution in [2.45, 2.75) is 12.8 Å². The van der Waals surface area contributed by atoms with Gasteiger partial charge in [-0.05, 0) is 31.0 Å².